The van der Waals surface area contributed by atoms with Crippen LogP contribution in [0.15, 0.2) is 48.5 Å². The minimum Gasteiger partial charge on any atom is -0.497 e. The van der Waals surface area contributed by atoms with Crippen LogP contribution in [-0.2, 0) is 27.8 Å². The van der Waals surface area contributed by atoms with E-state index in [1.165, 1.54) is 4.31 Å². The molecule has 0 saturated heterocycles. The van der Waals surface area contributed by atoms with E-state index >= 15 is 0 Å². The molecule has 0 aromatic heterocycles. The molecule has 7 heteroatoms. The van der Waals surface area contributed by atoms with Crippen molar-refractivity contribution >= 4 is 10.0 Å². The highest BCUT2D eigenvalue weighted by Gasteiger charge is 2.29. The molecule has 0 aliphatic heterocycles. The number of hydrogen-bond acceptors (Lipinski definition) is 5. The maximum atomic E-state index is 13.3. The van der Waals surface area contributed by atoms with Gasteiger partial charge in [0.25, 0.3) is 0 Å². The molecule has 0 radical (unpaired) electrons. The number of nitrogens with zero attached hydrogens (tertiary/aromatic N) is 1. The Morgan fingerprint density at radius 3 is 1.55 bits per heavy atom. The zero-order valence-electron chi connectivity index (χ0n) is 17.8. The maximum Gasteiger partial charge on any atom is 0.219 e. The third kappa shape index (κ3) is 6.73. The number of sulfonamides is 1. The molecule has 0 saturated carbocycles. The zero-order valence-corrected chi connectivity index (χ0v) is 18.6. The largest absolute Gasteiger partial charge is 0.497 e. The molecule has 2 aromatic rings. The lowest BCUT2D eigenvalue weighted by atomic mass is 10.2. The second-order valence-corrected chi connectivity index (χ2v) is 9.55. The molecular formula is C22H31NO5S. The molecule has 0 spiro atoms. The van der Waals surface area contributed by atoms with E-state index in [1.807, 2.05) is 62.4 Å². The van der Waals surface area contributed by atoms with Crippen LogP contribution in [0.2, 0.25) is 0 Å². The molecule has 0 fully saturated rings. The molecule has 2 aromatic carbocycles. The summed E-state index contributed by atoms with van der Waals surface area (Å²) in [5.74, 6) is 1.47. The molecular weight excluding hydrogens is 390 g/mol. The highest BCUT2D eigenvalue weighted by molar-refractivity contribution is 7.89. The quantitative estimate of drug-likeness (QED) is 0.551. The Labute approximate surface area is 174 Å². The SMILES string of the molecule is COc1ccc(CN(Cc2ccc(OC)cc2)S(=O)(=O)C(C)COC(C)C)cc1. The van der Waals surface area contributed by atoms with E-state index in [-0.39, 0.29) is 25.8 Å². The van der Waals surface area contributed by atoms with Gasteiger partial charge in [-0.3, -0.25) is 0 Å². The lowest BCUT2D eigenvalue weighted by molar-refractivity contribution is 0.0798. The van der Waals surface area contributed by atoms with E-state index in [9.17, 15) is 8.42 Å². The molecule has 0 bridgehead atoms. The van der Waals surface area contributed by atoms with Gasteiger partial charge in [0.2, 0.25) is 10.0 Å². The highest BCUT2D eigenvalue weighted by atomic mass is 32.2. The van der Waals surface area contributed by atoms with Gasteiger partial charge in [-0.2, -0.15) is 4.31 Å². The maximum absolute atomic E-state index is 13.3. The number of methoxy groups -OCH3 is 2. The lowest BCUT2D eigenvalue weighted by Gasteiger charge is -2.26. The fraction of sp³-hybridized carbons (Fsp3) is 0.455. The van der Waals surface area contributed by atoms with E-state index in [0.29, 0.717) is 0 Å². The van der Waals surface area contributed by atoms with Crippen LogP contribution in [0.5, 0.6) is 11.5 Å². The van der Waals surface area contributed by atoms with Gasteiger partial charge in [0.1, 0.15) is 11.5 Å². The summed E-state index contributed by atoms with van der Waals surface area (Å²) in [5, 5.41) is -0.651. The molecule has 29 heavy (non-hydrogen) atoms. The average molecular weight is 422 g/mol. The van der Waals surface area contributed by atoms with Crippen molar-refractivity contribution in [2.45, 2.75) is 45.2 Å². The van der Waals surface area contributed by atoms with Crippen molar-refractivity contribution in [2.24, 2.45) is 0 Å². The summed E-state index contributed by atoms with van der Waals surface area (Å²) in [6.07, 6.45) is -0.0238. The number of hydrogen-bond donors (Lipinski definition) is 0. The monoisotopic (exact) mass is 421 g/mol. The van der Waals surface area contributed by atoms with E-state index in [0.717, 1.165) is 22.6 Å². The Kier molecular flexibility index (Phi) is 8.49. The fourth-order valence-corrected chi connectivity index (χ4v) is 4.19. The third-order valence-electron chi connectivity index (χ3n) is 4.57. The van der Waals surface area contributed by atoms with Crippen molar-refractivity contribution < 1.29 is 22.6 Å². The number of rotatable bonds is 11. The van der Waals surface area contributed by atoms with E-state index in [4.69, 9.17) is 14.2 Å². The van der Waals surface area contributed by atoms with Crippen LogP contribution in [0.4, 0.5) is 0 Å². The van der Waals surface area contributed by atoms with Gasteiger partial charge in [-0.15, -0.1) is 0 Å². The summed E-state index contributed by atoms with van der Waals surface area (Å²) in [5.41, 5.74) is 1.78. The van der Waals surface area contributed by atoms with Gasteiger partial charge in [0, 0.05) is 13.1 Å². The molecule has 0 aliphatic rings. The van der Waals surface area contributed by atoms with Crippen molar-refractivity contribution in [1.29, 1.82) is 0 Å². The fourth-order valence-electron chi connectivity index (χ4n) is 2.77. The Hall–Kier alpha value is -2.09. The van der Waals surface area contributed by atoms with Crippen LogP contribution < -0.4 is 9.47 Å². The standard InChI is InChI=1S/C22H31NO5S/c1-17(2)28-16-18(3)29(24,25)23(14-19-6-10-21(26-4)11-7-19)15-20-8-12-22(27-5)13-9-20/h6-13,17-18H,14-16H2,1-5H3. The first kappa shape index (κ1) is 23.2. The Morgan fingerprint density at radius 1 is 0.793 bits per heavy atom. The van der Waals surface area contributed by atoms with E-state index in [1.54, 1.807) is 21.1 Å². The van der Waals surface area contributed by atoms with Crippen molar-refractivity contribution in [3.8, 4) is 11.5 Å². The van der Waals surface area contributed by atoms with Crippen molar-refractivity contribution in [1.82, 2.24) is 4.31 Å². The molecule has 160 valence electrons. The normalized spacial score (nSPS) is 12.9. The topological polar surface area (TPSA) is 65.1 Å². The second-order valence-electron chi connectivity index (χ2n) is 7.20. The highest BCUT2D eigenvalue weighted by Crippen LogP contribution is 2.21. The van der Waals surface area contributed by atoms with E-state index < -0.39 is 15.3 Å². The molecule has 0 amide bonds. The molecule has 6 nitrogen and oxygen atoms in total. The van der Waals surface area contributed by atoms with Gasteiger partial charge >= 0.3 is 0 Å². The first-order valence-corrected chi connectivity index (χ1v) is 11.1. The Bertz CT molecular complexity index is 798. The predicted molar refractivity (Wildman–Crippen MR) is 115 cm³/mol. The van der Waals surface area contributed by atoms with Gasteiger partial charge in [-0.05, 0) is 56.2 Å². The number of ether oxygens (including phenoxy) is 3. The summed E-state index contributed by atoms with van der Waals surface area (Å²) in [6.45, 7) is 6.17. The molecule has 2 rings (SSSR count). The van der Waals surface area contributed by atoms with Gasteiger partial charge in [0.05, 0.1) is 32.2 Å². The first-order valence-electron chi connectivity index (χ1n) is 9.62. The van der Waals surface area contributed by atoms with Gasteiger partial charge in [0.15, 0.2) is 0 Å². The lowest BCUT2D eigenvalue weighted by Crippen LogP contribution is -2.39. The molecule has 1 atom stereocenters. The summed E-state index contributed by atoms with van der Waals surface area (Å²) in [4.78, 5) is 0. The van der Waals surface area contributed by atoms with Crippen LogP contribution in [0.25, 0.3) is 0 Å². The van der Waals surface area contributed by atoms with Crippen LogP contribution in [-0.4, -0.2) is 44.9 Å². The Morgan fingerprint density at radius 2 is 1.21 bits per heavy atom. The van der Waals surface area contributed by atoms with Crippen molar-refractivity contribution in [2.75, 3.05) is 20.8 Å². The van der Waals surface area contributed by atoms with Crippen LogP contribution in [0.3, 0.4) is 0 Å². The van der Waals surface area contributed by atoms with Gasteiger partial charge in [-0.25, -0.2) is 8.42 Å². The molecule has 0 aliphatic carbocycles. The summed E-state index contributed by atoms with van der Waals surface area (Å²) in [7, 11) is -0.373. The summed E-state index contributed by atoms with van der Waals surface area (Å²) in [6, 6.07) is 14.8. The van der Waals surface area contributed by atoms with Crippen molar-refractivity contribution in [3.05, 3.63) is 59.7 Å². The molecule has 0 heterocycles. The van der Waals surface area contributed by atoms with Crippen LogP contribution in [0, 0.1) is 0 Å². The van der Waals surface area contributed by atoms with Crippen LogP contribution >= 0.6 is 0 Å². The summed E-state index contributed by atoms with van der Waals surface area (Å²) < 4.78 is 44.0. The zero-order chi connectivity index (χ0) is 21.4. The predicted octanol–water partition coefficient (Wildman–Crippen LogP) is 3.85. The van der Waals surface area contributed by atoms with E-state index in [2.05, 4.69) is 0 Å². The number of benzene rings is 2. The Balaban J connectivity index is 2.26. The first-order chi connectivity index (χ1) is 13.8. The van der Waals surface area contributed by atoms with Gasteiger partial charge < -0.3 is 14.2 Å². The van der Waals surface area contributed by atoms with Crippen molar-refractivity contribution in [3.63, 3.8) is 0 Å². The minimum atomic E-state index is -3.58. The average Bonchev–Trinajstić information content (AvgIpc) is 2.72. The van der Waals surface area contributed by atoms with Crippen LogP contribution in [0.1, 0.15) is 31.9 Å². The summed E-state index contributed by atoms with van der Waals surface area (Å²) >= 11 is 0. The smallest absolute Gasteiger partial charge is 0.219 e. The third-order valence-corrected chi connectivity index (χ3v) is 6.70. The second kappa shape index (κ2) is 10.6. The molecule has 1 unspecified atom stereocenters. The molecule has 0 N–H and O–H groups in total. The van der Waals surface area contributed by atoms with Gasteiger partial charge in [-0.1, -0.05) is 24.3 Å². The minimum absolute atomic E-state index is 0.0238.